The molecule has 1 heterocycles. The molecule has 0 radical (unpaired) electrons. The van der Waals surface area contributed by atoms with Gasteiger partial charge in [0.25, 0.3) is 0 Å². The average Bonchev–Trinajstić information content (AvgIpc) is 3.33. The number of nitrogens with zero attached hydrogens (tertiary/aromatic N) is 3. The molecular weight excluding hydrogens is 333 g/mol. The van der Waals surface area contributed by atoms with Crippen LogP contribution in [0.15, 0.2) is 41.7 Å². The van der Waals surface area contributed by atoms with Crippen LogP contribution in [0, 0.1) is 11.7 Å². The predicted octanol–water partition coefficient (Wildman–Crippen LogP) is 2.74. The summed E-state index contributed by atoms with van der Waals surface area (Å²) in [4.78, 5) is 4.21. The van der Waals surface area contributed by atoms with E-state index in [0.29, 0.717) is 30.8 Å². The van der Waals surface area contributed by atoms with Gasteiger partial charge >= 0.3 is 0 Å². The SMILES string of the molecule is CN=C(NCCn1cccn1)NC(C)c1ccc(OCC2CC2)c(F)c1. The lowest BCUT2D eigenvalue weighted by molar-refractivity contribution is 0.285. The number of hydrogen-bond acceptors (Lipinski definition) is 3. The van der Waals surface area contributed by atoms with Crippen LogP contribution in [0.2, 0.25) is 0 Å². The summed E-state index contributed by atoms with van der Waals surface area (Å²) in [6.45, 7) is 4.01. The van der Waals surface area contributed by atoms with Gasteiger partial charge in [-0.3, -0.25) is 9.67 Å². The van der Waals surface area contributed by atoms with Crippen molar-refractivity contribution in [2.24, 2.45) is 10.9 Å². The number of nitrogens with one attached hydrogen (secondary N) is 2. The molecule has 1 aliphatic rings. The molecular formula is C19H26FN5O. The first-order chi connectivity index (χ1) is 12.7. The number of aromatic nitrogens is 2. The standard InChI is InChI=1S/C19H26FN5O/c1-14(24-19(21-2)22-9-11-25-10-3-8-23-25)16-6-7-18(17(20)12-16)26-13-15-4-5-15/h3,6-8,10,12,14-15H,4-5,9,11,13H2,1-2H3,(H2,21,22,24). The molecule has 3 rings (SSSR count). The van der Waals surface area contributed by atoms with Gasteiger partial charge in [-0.15, -0.1) is 0 Å². The van der Waals surface area contributed by atoms with Gasteiger partial charge < -0.3 is 15.4 Å². The number of ether oxygens (including phenoxy) is 1. The van der Waals surface area contributed by atoms with Crippen LogP contribution in [-0.2, 0) is 6.54 Å². The lowest BCUT2D eigenvalue weighted by atomic mass is 10.1. The van der Waals surface area contributed by atoms with Crippen LogP contribution in [0.1, 0.15) is 31.4 Å². The highest BCUT2D eigenvalue weighted by atomic mass is 19.1. The second kappa shape index (κ2) is 8.69. The van der Waals surface area contributed by atoms with E-state index in [1.54, 1.807) is 19.3 Å². The molecule has 2 aromatic rings. The average molecular weight is 359 g/mol. The molecule has 26 heavy (non-hydrogen) atoms. The minimum absolute atomic E-state index is 0.0853. The topological polar surface area (TPSA) is 63.5 Å². The van der Waals surface area contributed by atoms with Gasteiger partial charge in [-0.2, -0.15) is 5.10 Å². The third-order valence-electron chi connectivity index (χ3n) is 4.40. The van der Waals surface area contributed by atoms with E-state index in [2.05, 4.69) is 20.7 Å². The van der Waals surface area contributed by atoms with E-state index in [1.807, 2.05) is 29.9 Å². The minimum Gasteiger partial charge on any atom is -0.490 e. The molecule has 6 nitrogen and oxygen atoms in total. The zero-order valence-corrected chi connectivity index (χ0v) is 15.3. The predicted molar refractivity (Wildman–Crippen MR) is 99.8 cm³/mol. The second-order valence-electron chi connectivity index (χ2n) is 6.58. The van der Waals surface area contributed by atoms with E-state index in [-0.39, 0.29) is 11.9 Å². The summed E-state index contributed by atoms with van der Waals surface area (Å²) >= 11 is 0. The Bertz CT molecular complexity index is 728. The van der Waals surface area contributed by atoms with Gasteiger partial charge in [0.15, 0.2) is 17.5 Å². The second-order valence-corrected chi connectivity index (χ2v) is 6.58. The van der Waals surface area contributed by atoms with Gasteiger partial charge in [-0.05, 0) is 49.4 Å². The number of halogens is 1. The summed E-state index contributed by atoms with van der Waals surface area (Å²) in [5.74, 6) is 1.28. The summed E-state index contributed by atoms with van der Waals surface area (Å²) < 4.78 is 21.6. The maximum absolute atomic E-state index is 14.3. The molecule has 1 aromatic carbocycles. The van der Waals surface area contributed by atoms with Crippen molar-refractivity contribution in [3.05, 3.63) is 48.0 Å². The fourth-order valence-corrected chi connectivity index (χ4v) is 2.60. The quantitative estimate of drug-likeness (QED) is 0.562. The fraction of sp³-hybridized carbons (Fsp3) is 0.474. The van der Waals surface area contributed by atoms with Crippen LogP contribution in [0.25, 0.3) is 0 Å². The van der Waals surface area contributed by atoms with Gasteiger partial charge in [0.1, 0.15) is 0 Å². The van der Waals surface area contributed by atoms with Crippen molar-refractivity contribution in [2.75, 3.05) is 20.2 Å². The molecule has 7 heteroatoms. The first-order valence-corrected chi connectivity index (χ1v) is 9.02. The number of hydrogen-bond donors (Lipinski definition) is 2. The Labute approximate surface area is 153 Å². The molecule has 1 fully saturated rings. The lowest BCUT2D eigenvalue weighted by Gasteiger charge is -2.19. The fourth-order valence-electron chi connectivity index (χ4n) is 2.60. The highest BCUT2D eigenvalue weighted by Crippen LogP contribution is 2.30. The van der Waals surface area contributed by atoms with Gasteiger partial charge in [0.2, 0.25) is 0 Å². The van der Waals surface area contributed by atoms with Gasteiger partial charge in [0, 0.05) is 26.0 Å². The largest absolute Gasteiger partial charge is 0.490 e. The number of guanidine groups is 1. The van der Waals surface area contributed by atoms with Crippen molar-refractivity contribution < 1.29 is 9.13 Å². The molecule has 1 atom stereocenters. The third kappa shape index (κ3) is 5.21. The maximum Gasteiger partial charge on any atom is 0.191 e. The molecule has 1 unspecified atom stereocenters. The molecule has 0 spiro atoms. The normalized spacial score (nSPS) is 15.6. The highest BCUT2D eigenvalue weighted by Gasteiger charge is 2.22. The van der Waals surface area contributed by atoms with Crippen molar-refractivity contribution in [1.82, 2.24) is 20.4 Å². The van der Waals surface area contributed by atoms with Crippen LogP contribution in [-0.4, -0.2) is 35.9 Å². The summed E-state index contributed by atoms with van der Waals surface area (Å²) in [5.41, 5.74) is 0.844. The summed E-state index contributed by atoms with van der Waals surface area (Å²) in [6.07, 6.45) is 6.04. The van der Waals surface area contributed by atoms with E-state index in [9.17, 15) is 4.39 Å². The molecule has 1 aliphatic carbocycles. The summed E-state index contributed by atoms with van der Waals surface area (Å²) in [6, 6.07) is 6.93. The van der Waals surface area contributed by atoms with Crippen LogP contribution in [0.3, 0.4) is 0 Å². The molecule has 0 amide bonds. The maximum atomic E-state index is 14.3. The first kappa shape index (κ1) is 18.2. The number of rotatable bonds is 8. The minimum atomic E-state index is -0.321. The van der Waals surface area contributed by atoms with E-state index in [4.69, 9.17) is 4.74 Å². The van der Waals surface area contributed by atoms with Crippen LogP contribution in [0.4, 0.5) is 4.39 Å². The van der Waals surface area contributed by atoms with Crippen LogP contribution < -0.4 is 15.4 Å². The Balaban J connectivity index is 1.50. The van der Waals surface area contributed by atoms with Crippen LogP contribution >= 0.6 is 0 Å². The van der Waals surface area contributed by atoms with Crippen molar-refractivity contribution in [2.45, 2.75) is 32.4 Å². The van der Waals surface area contributed by atoms with Crippen molar-refractivity contribution in [3.63, 3.8) is 0 Å². The molecule has 140 valence electrons. The van der Waals surface area contributed by atoms with Gasteiger partial charge in [0.05, 0.1) is 19.2 Å². The van der Waals surface area contributed by atoms with Crippen molar-refractivity contribution >= 4 is 5.96 Å². The zero-order chi connectivity index (χ0) is 18.4. The summed E-state index contributed by atoms with van der Waals surface area (Å²) in [7, 11) is 1.71. The van der Waals surface area contributed by atoms with E-state index in [0.717, 1.165) is 12.1 Å². The third-order valence-corrected chi connectivity index (χ3v) is 4.40. The number of aliphatic imine (C=N–C) groups is 1. The smallest absolute Gasteiger partial charge is 0.191 e. The molecule has 1 aromatic heterocycles. The Morgan fingerprint density at radius 2 is 2.31 bits per heavy atom. The zero-order valence-electron chi connectivity index (χ0n) is 15.3. The molecule has 0 bridgehead atoms. The van der Waals surface area contributed by atoms with Crippen molar-refractivity contribution in [1.29, 1.82) is 0 Å². The summed E-state index contributed by atoms with van der Waals surface area (Å²) in [5, 5.41) is 10.7. The van der Waals surface area contributed by atoms with E-state index < -0.39 is 0 Å². The van der Waals surface area contributed by atoms with Crippen LogP contribution in [0.5, 0.6) is 5.75 Å². The lowest BCUT2D eigenvalue weighted by Crippen LogP contribution is -2.40. The Kier molecular flexibility index (Phi) is 6.09. The van der Waals surface area contributed by atoms with Gasteiger partial charge in [-0.25, -0.2) is 4.39 Å². The molecule has 0 saturated heterocycles. The van der Waals surface area contributed by atoms with E-state index >= 15 is 0 Å². The highest BCUT2D eigenvalue weighted by molar-refractivity contribution is 5.80. The first-order valence-electron chi connectivity index (χ1n) is 9.02. The Hall–Kier alpha value is -2.57. The number of benzene rings is 1. The van der Waals surface area contributed by atoms with E-state index in [1.165, 1.54) is 18.9 Å². The Morgan fingerprint density at radius 1 is 1.46 bits per heavy atom. The van der Waals surface area contributed by atoms with Crippen molar-refractivity contribution in [3.8, 4) is 5.75 Å². The Morgan fingerprint density at radius 3 is 2.96 bits per heavy atom. The monoisotopic (exact) mass is 359 g/mol. The molecule has 2 N–H and O–H groups in total. The van der Waals surface area contributed by atoms with Gasteiger partial charge in [-0.1, -0.05) is 6.07 Å². The molecule has 0 aliphatic heterocycles. The molecule has 1 saturated carbocycles.